The van der Waals surface area contributed by atoms with E-state index in [-0.39, 0.29) is 17.6 Å². The van der Waals surface area contributed by atoms with Crippen molar-refractivity contribution in [3.05, 3.63) is 42.6 Å². The molecule has 0 N–H and O–H groups in total. The molecule has 115 valence electrons. The summed E-state index contributed by atoms with van der Waals surface area (Å²) < 4.78 is 5.52. The van der Waals surface area contributed by atoms with E-state index in [9.17, 15) is 4.79 Å². The monoisotopic (exact) mass is 297 g/mol. The Hall–Kier alpha value is -1.97. The van der Waals surface area contributed by atoms with Crippen molar-refractivity contribution in [3.8, 4) is 11.5 Å². The SMILES string of the molecule is C[C@@H]([CH]C(=O)c1nnc(-c2ccccc2)o1)C1CCCCC1. The highest BCUT2D eigenvalue weighted by Gasteiger charge is 2.25. The predicted molar refractivity (Wildman–Crippen MR) is 84.1 cm³/mol. The number of nitrogens with zero attached hydrogens (tertiary/aromatic N) is 2. The number of rotatable bonds is 5. The summed E-state index contributed by atoms with van der Waals surface area (Å²) in [6.07, 6.45) is 8.04. The van der Waals surface area contributed by atoms with Crippen molar-refractivity contribution in [2.75, 3.05) is 0 Å². The molecule has 1 radical (unpaired) electrons. The third kappa shape index (κ3) is 3.43. The molecule has 3 rings (SSSR count). The Kier molecular flexibility index (Phi) is 4.66. The Morgan fingerprint density at radius 3 is 2.64 bits per heavy atom. The summed E-state index contributed by atoms with van der Waals surface area (Å²) in [4.78, 5) is 12.3. The third-order valence-corrected chi connectivity index (χ3v) is 4.46. The van der Waals surface area contributed by atoms with Crippen molar-refractivity contribution < 1.29 is 9.21 Å². The number of benzene rings is 1. The molecule has 4 heteroatoms. The van der Waals surface area contributed by atoms with Crippen molar-refractivity contribution in [2.24, 2.45) is 11.8 Å². The first kappa shape index (κ1) is 14.9. The number of aromatic nitrogens is 2. The molecule has 1 aliphatic rings. The van der Waals surface area contributed by atoms with E-state index < -0.39 is 0 Å². The van der Waals surface area contributed by atoms with E-state index in [4.69, 9.17) is 4.42 Å². The Bertz CT molecular complexity index is 615. The smallest absolute Gasteiger partial charge is 0.284 e. The second-order valence-corrected chi connectivity index (χ2v) is 6.07. The van der Waals surface area contributed by atoms with Crippen molar-refractivity contribution in [2.45, 2.75) is 39.0 Å². The predicted octanol–water partition coefficient (Wildman–Crippen LogP) is 4.34. The Labute approximate surface area is 130 Å². The molecule has 2 aromatic rings. The van der Waals surface area contributed by atoms with Crippen LogP contribution in [-0.2, 0) is 0 Å². The van der Waals surface area contributed by atoms with E-state index in [2.05, 4.69) is 17.1 Å². The Morgan fingerprint density at radius 2 is 1.91 bits per heavy atom. The number of Topliss-reactive ketones (excluding diaryl/α,β-unsaturated/α-hetero) is 1. The Balaban J connectivity index is 1.64. The quantitative estimate of drug-likeness (QED) is 0.770. The van der Waals surface area contributed by atoms with E-state index >= 15 is 0 Å². The molecule has 1 aromatic heterocycles. The fraction of sp³-hybridized carbons (Fsp3) is 0.444. The van der Waals surface area contributed by atoms with Gasteiger partial charge in [0.1, 0.15) is 0 Å². The van der Waals surface area contributed by atoms with Gasteiger partial charge in [-0.3, -0.25) is 4.79 Å². The van der Waals surface area contributed by atoms with Gasteiger partial charge in [0.05, 0.1) is 0 Å². The van der Waals surface area contributed by atoms with Gasteiger partial charge >= 0.3 is 0 Å². The molecule has 1 fully saturated rings. The summed E-state index contributed by atoms with van der Waals surface area (Å²) >= 11 is 0. The van der Waals surface area contributed by atoms with Crippen molar-refractivity contribution in [1.82, 2.24) is 10.2 Å². The lowest BCUT2D eigenvalue weighted by Crippen LogP contribution is -2.19. The molecule has 0 bridgehead atoms. The molecular weight excluding hydrogens is 276 g/mol. The van der Waals surface area contributed by atoms with Crippen LogP contribution in [0, 0.1) is 18.3 Å². The van der Waals surface area contributed by atoms with E-state index in [0.717, 1.165) is 5.56 Å². The van der Waals surface area contributed by atoms with Gasteiger partial charge in [0, 0.05) is 12.0 Å². The highest BCUT2D eigenvalue weighted by molar-refractivity contribution is 5.98. The summed E-state index contributed by atoms with van der Waals surface area (Å²) in [7, 11) is 0. The zero-order valence-corrected chi connectivity index (χ0v) is 12.9. The van der Waals surface area contributed by atoms with Gasteiger partial charge in [-0.25, -0.2) is 0 Å². The van der Waals surface area contributed by atoms with Crippen LogP contribution in [0.15, 0.2) is 34.7 Å². The highest BCUT2D eigenvalue weighted by atomic mass is 16.4. The van der Waals surface area contributed by atoms with Crippen LogP contribution in [0.5, 0.6) is 0 Å². The molecule has 1 atom stereocenters. The lowest BCUT2D eigenvalue weighted by atomic mass is 9.79. The number of ketones is 1. The first-order valence-corrected chi connectivity index (χ1v) is 8.02. The van der Waals surface area contributed by atoms with Crippen LogP contribution in [0.2, 0.25) is 0 Å². The zero-order chi connectivity index (χ0) is 15.4. The Morgan fingerprint density at radius 1 is 1.18 bits per heavy atom. The van der Waals surface area contributed by atoms with Gasteiger partial charge in [-0.15, -0.1) is 10.2 Å². The number of hydrogen-bond acceptors (Lipinski definition) is 4. The van der Waals surface area contributed by atoms with Crippen LogP contribution in [0.3, 0.4) is 0 Å². The van der Waals surface area contributed by atoms with Crippen molar-refractivity contribution in [1.29, 1.82) is 0 Å². The van der Waals surface area contributed by atoms with Gasteiger partial charge in [0.2, 0.25) is 11.7 Å². The zero-order valence-electron chi connectivity index (χ0n) is 12.9. The van der Waals surface area contributed by atoms with E-state index in [1.54, 1.807) is 6.42 Å². The van der Waals surface area contributed by atoms with Crippen LogP contribution in [0.4, 0.5) is 0 Å². The highest BCUT2D eigenvalue weighted by Crippen LogP contribution is 2.31. The standard InChI is InChI=1S/C18H21N2O2/c1-13(14-8-4-2-5-9-14)12-16(21)18-20-19-17(22-18)15-10-6-3-7-11-15/h3,6-7,10-14H,2,4-5,8-9H2,1H3/t13-/m0/s1. The fourth-order valence-corrected chi connectivity index (χ4v) is 3.13. The van der Waals surface area contributed by atoms with Crippen LogP contribution in [0.25, 0.3) is 11.5 Å². The van der Waals surface area contributed by atoms with Crippen molar-refractivity contribution in [3.63, 3.8) is 0 Å². The van der Waals surface area contributed by atoms with Gasteiger partial charge < -0.3 is 4.42 Å². The van der Waals surface area contributed by atoms with Gasteiger partial charge in [-0.05, 0) is 24.0 Å². The number of hydrogen-bond donors (Lipinski definition) is 0. The summed E-state index contributed by atoms with van der Waals surface area (Å²) in [6, 6.07) is 9.49. The maximum Gasteiger partial charge on any atom is 0.284 e. The molecule has 1 saturated carbocycles. The van der Waals surface area contributed by atoms with Crippen LogP contribution in [0.1, 0.15) is 49.7 Å². The van der Waals surface area contributed by atoms with Crippen LogP contribution in [-0.4, -0.2) is 16.0 Å². The van der Waals surface area contributed by atoms with E-state index in [0.29, 0.717) is 11.8 Å². The third-order valence-electron chi connectivity index (χ3n) is 4.46. The maximum atomic E-state index is 12.3. The molecule has 0 unspecified atom stereocenters. The summed E-state index contributed by atoms with van der Waals surface area (Å²) in [6.45, 7) is 2.11. The van der Waals surface area contributed by atoms with Crippen LogP contribution >= 0.6 is 0 Å². The molecule has 0 aliphatic heterocycles. The minimum atomic E-state index is -0.159. The molecule has 1 aliphatic carbocycles. The lowest BCUT2D eigenvalue weighted by molar-refractivity contribution is 0.0971. The van der Waals surface area contributed by atoms with Gasteiger partial charge in [-0.1, -0.05) is 57.2 Å². The second kappa shape index (κ2) is 6.86. The molecule has 0 saturated heterocycles. The average Bonchev–Trinajstić information content (AvgIpc) is 3.06. The van der Waals surface area contributed by atoms with Gasteiger partial charge in [0.15, 0.2) is 0 Å². The largest absolute Gasteiger partial charge is 0.414 e. The topological polar surface area (TPSA) is 56.0 Å². The minimum absolute atomic E-state index is 0.0847. The molecule has 0 amide bonds. The van der Waals surface area contributed by atoms with Gasteiger partial charge in [0.25, 0.3) is 5.89 Å². The average molecular weight is 297 g/mol. The fourth-order valence-electron chi connectivity index (χ4n) is 3.13. The summed E-state index contributed by atoms with van der Waals surface area (Å²) in [5.74, 6) is 1.19. The first-order valence-electron chi connectivity index (χ1n) is 8.02. The molecule has 1 aromatic carbocycles. The van der Waals surface area contributed by atoms with E-state index in [1.165, 1.54) is 32.1 Å². The molecular formula is C18H21N2O2. The van der Waals surface area contributed by atoms with Crippen LogP contribution < -0.4 is 0 Å². The number of carbonyl (C=O) groups is 1. The van der Waals surface area contributed by atoms with E-state index in [1.807, 2.05) is 30.3 Å². The first-order chi connectivity index (χ1) is 10.7. The molecule has 1 heterocycles. The minimum Gasteiger partial charge on any atom is -0.414 e. The lowest BCUT2D eigenvalue weighted by Gasteiger charge is -2.26. The summed E-state index contributed by atoms with van der Waals surface area (Å²) in [5.41, 5.74) is 0.828. The molecule has 0 spiro atoms. The molecule has 22 heavy (non-hydrogen) atoms. The normalized spacial score (nSPS) is 17.3. The van der Waals surface area contributed by atoms with Gasteiger partial charge in [-0.2, -0.15) is 0 Å². The maximum absolute atomic E-state index is 12.3. The molecule has 4 nitrogen and oxygen atoms in total. The van der Waals surface area contributed by atoms with Crippen molar-refractivity contribution >= 4 is 5.78 Å². The number of carbonyl (C=O) groups excluding carboxylic acids is 1. The summed E-state index contributed by atoms with van der Waals surface area (Å²) in [5, 5.41) is 7.86. The second-order valence-electron chi connectivity index (χ2n) is 6.07.